The standard InChI is InChI=1S/C34H39FN2O4/c1-21(34(38)39)33(23-7-8-23)25-9-6-22-11-13-30(41-31(22)17-25)24-10-12-27(28-18-32(40-2)36-19-29(28)35)26(16-24)20-37-14-4-3-5-15-37/h6,9-10,12,16-19,21,23,30,33H,3-5,7-8,11,13-15,20H2,1-2H3,(H,38,39)/t21-,30+,33?/m0/s1. The van der Waals surface area contributed by atoms with Crippen LogP contribution >= 0.6 is 0 Å². The number of rotatable bonds is 9. The second-order valence-electron chi connectivity index (χ2n) is 12.0. The van der Waals surface area contributed by atoms with Crippen molar-refractivity contribution in [2.75, 3.05) is 20.2 Å². The number of ether oxygens (including phenoxy) is 2. The van der Waals surface area contributed by atoms with E-state index in [-0.39, 0.29) is 17.8 Å². The largest absolute Gasteiger partial charge is 0.485 e. The van der Waals surface area contributed by atoms with E-state index >= 15 is 4.39 Å². The van der Waals surface area contributed by atoms with Crippen LogP contribution in [-0.2, 0) is 17.8 Å². The highest BCUT2D eigenvalue weighted by molar-refractivity contribution is 5.71. The molecule has 0 spiro atoms. The number of pyridine rings is 1. The molecule has 1 saturated heterocycles. The number of nitrogens with zero attached hydrogens (tertiary/aromatic N) is 2. The molecule has 3 aromatic rings. The first kappa shape index (κ1) is 27.7. The number of fused-ring (bicyclic) bond motifs is 1. The van der Waals surface area contributed by atoms with Gasteiger partial charge in [-0.25, -0.2) is 9.37 Å². The highest BCUT2D eigenvalue weighted by atomic mass is 19.1. The Labute approximate surface area is 241 Å². The van der Waals surface area contributed by atoms with Crippen molar-refractivity contribution in [2.45, 2.75) is 70.4 Å². The number of hydrogen-bond donors (Lipinski definition) is 1. The Kier molecular flexibility index (Phi) is 7.98. The Morgan fingerprint density at radius 3 is 2.63 bits per heavy atom. The van der Waals surface area contributed by atoms with Gasteiger partial charge in [0.05, 0.1) is 19.2 Å². The molecule has 2 fully saturated rings. The lowest BCUT2D eigenvalue weighted by atomic mass is 9.82. The summed E-state index contributed by atoms with van der Waals surface area (Å²) in [6, 6.07) is 14.2. The summed E-state index contributed by atoms with van der Waals surface area (Å²) >= 11 is 0. The molecule has 41 heavy (non-hydrogen) atoms. The lowest BCUT2D eigenvalue weighted by Crippen LogP contribution is -2.29. The van der Waals surface area contributed by atoms with Gasteiger partial charge in [0.15, 0.2) is 0 Å². The second-order valence-corrected chi connectivity index (χ2v) is 12.0. The molecule has 1 saturated carbocycles. The number of benzene rings is 2. The van der Waals surface area contributed by atoms with E-state index in [1.807, 2.05) is 13.0 Å². The Bertz CT molecular complexity index is 1420. The topological polar surface area (TPSA) is 71.9 Å². The highest BCUT2D eigenvalue weighted by Gasteiger charge is 2.39. The summed E-state index contributed by atoms with van der Waals surface area (Å²) in [5.74, 6) is 0.127. The van der Waals surface area contributed by atoms with Crippen LogP contribution in [0.2, 0.25) is 0 Å². The molecule has 2 aliphatic heterocycles. The zero-order valence-corrected chi connectivity index (χ0v) is 23.9. The second kappa shape index (κ2) is 11.8. The Balaban J connectivity index is 1.31. The van der Waals surface area contributed by atoms with Crippen molar-refractivity contribution in [1.29, 1.82) is 0 Å². The number of piperidine rings is 1. The van der Waals surface area contributed by atoms with E-state index in [1.54, 1.807) is 13.2 Å². The predicted molar refractivity (Wildman–Crippen MR) is 156 cm³/mol. The predicted octanol–water partition coefficient (Wildman–Crippen LogP) is 7.16. The van der Waals surface area contributed by atoms with E-state index in [1.165, 1.54) is 31.0 Å². The quantitative estimate of drug-likeness (QED) is 0.300. The average Bonchev–Trinajstić information content (AvgIpc) is 3.83. The first-order valence-corrected chi connectivity index (χ1v) is 15.0. The van der Waals surface area contributed by atoms with Gasteiger partial charge in [0.25, 0.3) is 0 Å². The number of halogens is 1. The van der Waals surface area contributed by atoms with E-state index in [2.05, 4.69) is 40.2 Å². The van der Waals surface area contributed by atoms with Crippen molar-refractivity contribution in [3.05, 3.63) is 76.7 Å². The zero-order valence-electron chi connectivity index (χ0n) is 23.9. The maximum absolute atomic E-state index is 15.0. The fourth-order valence-corrected chi connectivity index (χ4v) is 6.71. The number of methoxy groups -OCH3 is 1. The molecule has 3 atom stereocenters. The third-order valence-corrected chi connectivity index (χ3v) is 9.15. The van der Waals surface area contributed by atoms with Crippen LogP contribution in [0.5, 0.6) is 11.6 Å². The van der Waals surface area contributed by atoms with Gasteiger partial charge in [-0.3, -0.25) is 9.69 Å². The molecule has 1 aromatic heterocycles. The van der Waals surface area contributed by atoms with Gasteiger partial charge in [-0.1, -0.05) is 43.7 Å². The van der Waals surface area contributed by atoms with E-state index in [0.29, 0.717) is 17.4 Å². The first-order chi connectivity index (χ1) is 19.9. The van der Waals surface area contributed by atoms with Crippen LogP contribution in [0.3, 0.4) is 0 Å². The van der Waals surface area contributed by atoms with Crippen LogP contribution in [0, 0.1) is 17.7 Å². The van der Waals surface area contributed by atoms with Gasteiger partial charge >= 0.3 is 5.97 Å². The molecule has 3 aliphatic rings. The molecule has 6 rings (SSSR count). The van der Waals surface area contributed by atoms with Gasteiger partial charge in [-0.2, -0.15) is 0 Å². The summed E-state index contributed by atoms with van der Waals surface area (Å²) in [5.41, 5.74) is 5.72. The number of hydrogen-bond acceptors (Lipinski definition) is 5. The number of carbonyl (C=O) groups is 1. The minimum atomic E-state index is -0.747. The molecule has 6 nitrogen and oxygen atoms in total. The number of aromatic nitrogens is 1. The monoisotopic (exact) mass is 558 g/mol. The molecule has 0 amide bonds. The molecular formula is C34H39FN2O4. The van der Waals surface area contributed by atoms with Crippen LogP contribution in [0.15, 0.2) is 48.7 Å². The van der Waals surface area contributed by atoms with Crippen molar-refractivity contribution < 1.29 is 23.8 Å². The van der Waals surface area contributed by atoms with Crippen molar-refractivity contribution >= 4 is 5.97 Å². The SMILES string of the molecule is COc1cc(-c2ccc([C@H]3CCc4ccc(C(C5CC5)[C@H](C)C(=O)O)cc4O3)cc2CN2CCCCC2)c(F)cn1. The highest BCUT2D eigenvalue weighted by Crippen LogP contribution is 2.48. The van der Waals surface area contributed by atoms with Crippen molar-refractivity contribution in [1.82, 2.24) is 9.88 Å². The molecular weight excluding hydrogens is 519 g/mol. The molecule has 3 heterocycles. The van der Waals surface area contributed by atoms with Crippen molar-refractivity contribution in [3.63, 3.8) is 0 Å². The minimum Gasteiger partial charge on any atom is -0.485 e. The lowest BCUT2D eigenvalue weighted by Gasteiger charge is -2.30. The van der Waals surface area contributed by atoms with Crippen molar-refractivity contribution in [2.24, 2.45) is 11.8 Å². The average molecular weight is 559 g/mol. The Hall–Kier alpha value is -3.45. The fraction of sp³-hybridized carbons (Fsp3) is 0.471. The summed E-state index contributed by atoms with van der Waals surface area (Å²) in [6.07, 6.45) is 8.62. The third kappa shape index (κ3) is 5.96. The van der Waals surface area contributed by atoms with Gasteiger partial charge in [-0.15, -0.1) is 0 Å². The molecule has 0 bridgehead atoms. The summed E-state index contributed by atoms with van der Waals surface area (Å²) in [7, 11) is 1.54. The van der Waals surface area contributed by atoms with Crippen LogP contribution in [0.1, 0.15) is 79.7 Å². The molecule has 0 radical (unpaired) electrons. The first-order valence-electron chi connectivity index (χ1n) is 15.0. The number of likely N-dealkylation sites (tertiary alicyclic amines) is 1. The number of aliphatic carboxylic acids is 1. The van der Waals surface area contributed by atoms with Crippen molar-refractivity contribution in [3.8, 4) is 22.8 Å². The fourth-order valence-electron chi connectivity index (χ4n) is 6.71. The maximum Gasteiger partial charge on any atom is 0.306 e. The summed E-state index contributed by atoms with van der Waals surface area (Å²) in [6.45, 7) is 4.65. The van der Waals surface area contributed by atoms with Gasteiger partial charge in [0, 0.05) is 18.2 Å². The van der Waals surface area contributed by atoms with E-state index < -0.39 is 11.9 Å². The number of carboxylic acids is 1. The Morgan fingerprint density at radius 1 is 1.10 bits per heavy atom. The van der Waals surface area contributed by atoms with Gasteiger partial charge in [0.1, 0.15) is 17.7 Å². The van der Waals surface area contributed by atoms with E-state index in [4.69, 9.17) is 9.47 Å². The van der Waals surface area contributed by atoms with E-state index in [9.17, 15) is 9.90 Å². The molecule has 1 unspecified atom stereocenters. The maximum atomic E-state index is 15.0. The normalized spacial score (nSPS) is 20.5. The molecule has 7 heteroatoms. The van der Waals surface area contributed by atoms with Crippen LogP contribution in [0.4, 0.5) is 4.39 Å². The smallest absolute Gasteiger partial charge is 0.306 e. The molecule has 1 aliphatic carbocycles. The van der Waals surface area contributed by atoms with Gasteiger partial charge < -0.3 is 14.6 Å². The van der Waals surface area contributed by atoms with Crippen LogP contribution < -0.4 is 9.47 Å². The van der Waals surface area contributed by atoms with Gasteiger partial charge in [-0.05, 0) is 97.3 Å². The number of aryl methyl sites for hydroxylation is 1. The molecule has 216 valence electrons. The van der Waals surface area contributed by atoms with Crippen LogP contribution in [0.25, 0.3) is 11.1 Å². The minimum absolute atomic E-state index is 0.00413. The summed E-state index contributed by atoms with van der Waals surface area (Å²) in [4.78, 5) is 18.4. The summed E-state index contributed by atoms with van der Waals surface area (Å²) < 4.78 is 27.0. The third-order valence-electron chi connectivity index (χ3n) is 9.15. The zero-order chi connectivity index (χ0) is 28.5. The van der Waals surface area contributed by atoms with Crippen LogP contribution in [-0.4, -0.2) is 41.2 Å². The lowest BCUT2D eigenvalue weighted by molar-refractivity contribution is -0.142. The number of carboxylic acid groups (broad SMARTS) is 1. The molecule has 1 N–H and O–H groups in total. The Morgan fingerprint density at radius 2 is 1.90 bits per heavy atom. The van der Waals surface area contributed by atoms with E-state index in [0.717, 1.165) is 73.3 Å². The molecule has 2 aromatic carbocycles. The summed E-state index contributed by atoms with van der Waals surface area (Å²) in [5, 5.41) is 9.75. The van der Waals surface area contributed by atoms with Gasteiger partial charge in [0.2, 0.25) is 5.88 Å².